The standard InChI is InChI=1S/C21H21N5O5S2/c1-3-31-16(27)11-13-18(28)22-7-9-25(13)17-12(10-14-20(30)24(2)21(32)33-14)19(29)26-8-5-4-6-15(26)23-17/h4-6,8,10,13H,3,7,9,11H2,1-2H3,(H,22,28)/b14-10-/t13-/m0/s1. The summed E-state index contributed by atoms with van der Waals surface area (Å²) in [6.07, 6.45) is 2.84. The first-order valence-electron chi connectivity index (χ1n) is 10.2. The van der Waals surface area contributed by atoms with Gasteiger partial charge < -0.3 is 15.0 Å². The van der Waals surface area contributed by atoms with Gasteiger partial charge >= 0.3 is 5.97 Å². The van der Waals surface area contributed by atoms with Crippen molar-refractivity contribution in [3.8, 4) is 0 Å². The van der Waals surface area contributed by atoms with E-state index in [4.69, 9.17) is 17.0 Å². The number of anilines is 1. The van der Waals surface area contributed by atoms with Gasteiger partial charge in [-0.2, -0.15) is 0 Å². The maximum Gasteiger partial charge on any atom is 0.308 e. The van der Waals surface area contributed by atoms with Crippen LogP contribution in [0.4, 0.5) is 5.82 Å². The number of thiocarbonyl (C=S) groups is 1. The zero-order chi connectivity index (χ0) is 23.7. The highest BCUT2D eigenvalue weighted by Crippen LogP contribution is 2.33. The topological polar surface area (TPSA) is 113 Å². The van der Waals surface area contributed by atoms with E-state index >= 15 is 0 Å². The van der Waals surface area contributed by atoms with E-state index in [9.17, 15) is 19.2 Å². The maximum atomic E-state index is 13.5. The molecule has 2 aliphatic heterocycles. The van der Waals surface area contributed by atoms with Gasteiger partial charge in [-0.1, -0.05) is 30.0 Å². The Bertz CT molecular complexity index is 1260. The number of esters is 1. The van der Waals surface area contributed by atoms with Crippen LogP contribution in [-0.4, -0.2) is 69.2 Å². The molecule has 2 aromatic rings. The Kier molecular flexibility index (Phi) is 6.47. The number of carbonyl (C=O) groups is 3. The first-order chi connectivity index (χ1) is 15.8. The molecule has 4 heterocycles. The van der Waals surface area contributed by atoms with Crippen molar-refractivity contribution in [3.63, 3.8) is 0 Å². The lowest BCUT2D eigenvalue weighted by atomic mass is 10.1. The molecule has 0 aliphatic carbocycles. The zero-order valence-corrected chi connectivity index (χ0v) is 19.6. The van der Waals surface area contributed by atoms with Crippen molar-refractivity contribution in [2.24, 2.45) is 0 Å². The van der Waals surface area contributed by atoms with Crippen LogP contribution < -0.4 is 15.8 Å². The van der Waals surface area contributed by atoms with Crippen molar-refractivity contribution in [3.05, 3.63) is 45.2 Å². The fourth-order valence-corrected chi connectivity index (χ4v) is 4.82. The van der Waals surface area contributed by atoms with Gasteiger partial charge in [-0.05, 0) is 25.1 Å². The summed E-state index contributed by atoms with van der Waals surface area (Å²) in [7, 11) is 1.56. The van der Waals surface area contributed by atoms with Crippen molar-refractivity contribution in [1.82, 2.24) is 19.6 Å². The predicted octanol–water partition coefficient (Wildman–Crippen LogP) is 0.784. The van der Waals surface area contributed by atoms with Gasteiger partial charge in [-0.25, -0.2) is 4.98 Å². The second-order valence-electron chi connectivity index (χ2n) is 7.33. The molecule has 1 N–H and O–H groups in total. The molecule has 0 saturated carbocycles. The van der Waals surface area contributed by atoms with E-state index < -0.39 is 17.6 Å². The normalized spacial score (nSPS) is 20.0. The van der Waals surface area contributed by atoms with E-state index in [1.165, 1.54) is 15.4 Å². The van der Waals surface area contributed by atoms with E-state index in [0.717, 1.165) is 11.8 Å². The second-order valence-corrected chi connectivity index (χ2v) is 9.01. The highest BCUT2D eigenvalue weighted by Gasteiger charge is 2.36. The van der Waals surface area contributed by atoms with Crippen molar-refractivity contribution in [2.45, 2.75) is 19.4 Å². The molecule has 12 heteroatoms. The summed E-state index contributed by atoms with van der Waals surface area (Å²) in [5.41, 5.74) is 0.104. The molecule has 0 bridgehead atoms. The van der Waals surface area contributed by atoms with E-state index in [2.05, 4.69) is 10.3 Å². The molecule has 1 atom stereocenters. The number of ether oxygens (including phenoxy) is 1. The van der Waals surface area contributed by atoms with Crippen LogP contribution in [0.1, 0.15) is 18.9 Å². The average Bonchev–Trinajstić information content (AvgIpc) is 3.03. The van der Waals surface area contributed by atoms with Crippen molar-refractivity contribution >= 4 is 63.6 Å². The summed E-state index contributed by atoms with van der Waals surface area (Å²) < 4.78 is 6.78. The number of hydrogen-bond acceptors (Lipinski definition) is 9. The molecule has 10 nitrogen and oxygen atoms in total. The number of fused-ring (bicyclic) bond motifs is 1. The number of aromatic nitrogens is 2. The van der Waals surface area contributed by atoms with Crippen LogP contribution in [0.2, 0.25) is 0 Å². The quantitative estimate of drug-likeness (QED) is 0.371. The Morgan fingerprint density at radius 3 is 2.85 bits per heavy atom. The average molecular weight is 488 g/mol. The SMILES string of the molecule is CCOC(=O)C[C@H]1C(=O)NCCN1c1nc2ccccn2c(=O)c1/C=C1\SC(=S)N(C)C1=O. The molecular weight excluding hydrogens is 466 g/mol. The number of pyridine rings is 1. The van der Waals surface area contributed by atoms with Crippen LogP contribution in [0, 0.1) is 0 Å². The van der Waals surface area contributed by atoms with Gasteiger partial charge in [0.2, 0.25) is 5.91 Å². The molecule has 2 saturated heterocycles. The number of nitrogens with zero attached hydrogens (tertiary/aromatic N) is 4. The minimum atomic E-state index is -0.913. The lowest BCUT2D eigenvalue weighted by Crippen LogP contribution is -2.57. The summed E-state index contributed by atoms with van der Waals surface area (Å²) in [6.45, 7) is 2.50. The smallest absolute Gasteiger partial charge is 0.308 e. The predicted molar refractivity (Wildman–Crippen MR) is 128 cm³/mol. The monoisotopic (exact) mass is 487 g/mol. The molecule has 0 radical (unpaired) electrons. The van der Waals surface area contributed by atoms with Crippen LogP contribution in [0.3, 0.4) is 0 Å². The Morgan fingerprint density at radius 1 is 1.36 bits per heavy atom. The van der Waals surface area contributed by atoms with Gasteiger partial charge in [0, 0.05) is 26.3 Å². The summed E-state index contributed by atoms with van der Waals surface area (Å²) in [5, 5.41) is 2.75. The highest BCUT2D eigenvalue weighted by molar-refractivity contribution is 8.26. The number of rotatable bonds is 5. The van der Waals surface area contributed by atoms with Crippen LogP contribution in [0.15, 0.2) is 34.1 Å². The summed E-state index contributed by atoms with van der Waals surface area (Å²) in [4.78, 5) is 58.8. The third-order valence-electron chi connectivity index (χ3n) is 5.28. The maximum absolute atomic E-state index is 13.5. The van der Waals surface area contributed by atoms with Gasteiger partial charge in [0.25, 0.3) is 11.5 Å². The van der Waals surface area contributed by atoms with Crippen LogP contribution in [-0.2, 0) is 19.1 Å². The number of piperazine rings is 1. The Morgan fingerprint density at radius 2 is 2.15 bits per heavy atom. The van der Waals surface area contributed by atoms with Gasteiger partial charge in [-0.15, -0.1) is 0 Å². The fraction of sp³-hybridized carbons (Fsp3) is 0.333. The number of thioether (sulfide) groups is 1. The number of amides is 2. The van der Waals surface area contributed by atoms with Gasteiger partial charge in [0.1, 0.15) is 21.8 Å². The van der Waals surface area contributed by atoms with Crippen LogP contribution >= 0.6 is 24.0 Å². The zero-order valence-electron chi connectivity index (χ0n) is 17.9. The summed E-state index contributed by atoms with van der Waals surface area (Å²) in [5.74, 6) is -1.00. The molecule has 33 heavy (non-hydrogen) atoms. The van der Waals surface area contributed by atoms with E-state index in [0.29, 0.717) is 23.1 Å². The van der Waals surface area contributed by atoms with Crippen molar-refractivity contribution in [1.29, 1.82) is 0 Å². The molecule has 2 amide bonds. The van der Waals surface area contributed by atoms with Gasteiger partial charge in [0.05, 0.1) is 23.5 Å². The summed E-state index contributed by atoms with van der Waals surface area (Å²) in [6, 6.07) is 4.20. The number of hydrogen-bond donors (Lipinski definition) is 1. The third kappa shape index (κ3) is 4.35. The number of carbonyl (C=O) groups excluding carboxylic acids is 3. The molecule has 4 rings (SSSR count). The van der Waals surface area contributed by atoms with Crippen molar-refractivity contribution < 1.29 is 19.1 Å². The molecule has 0 unspecified atom stereocenters. The van der Waals surface area contributed by atoms with Crippen LogP contribution in [0.5, 0.6) is 0 Å². The van der Waals surface area contributed by atoms with Crippen LogP contribution in [0.25, 0.3) is 11.7 Å². The third-order valence-corrected chi connectivity index (χ3v) is 6.76. The van der Waals surface area contributed by atoms with E-state index in [1.807, 2.05) is 0 Å². The van der Waals surface area contributed by atoms with Gasteiger partial charge in [-0.3, -0.25) is 28.5 Å². The first kappa shape index (κ1) is 22.9. The molecule has 172 valence electrons. The minimum absolute atomic E-state index is 0.135. The van der Waals surface area contributed by atoms with E-state index in [-0.39, 0.29) is 41.1 Å². The molecule has 2 aromatic heterocycles. The highest BCUT2D eigenvalue weighted by atomic mass is 32.2. The molecular formula is C21H21N5O5S2. The Hall–Kier alpha value is -3.25. The lowest BCUT2D eigenvalue weighted by molar-refractivity contribution is -0.145. The Balaban J connectivity index is 1.88. The lowest BCUT2D eigenvalue weighted by Gasteiger charge is -2.36. The largest absolute Gasteiger partial charge is 0.466 e. The second kappa shape index (κ2) is 9.32. The van der Waals surface area contributed by atoms with Gasteiger partial charge in [0.15, 0.2) is 0 Å². The first-order valence-corrected chi connectivity index (χ1v) is 11.5. The Labute approximate surface area is 198 Å². The molecule has 0 aromatic carbocycles. The minimum Gasteiger partial charge on any atom is -0.466 e. The van der Waals surface area contributed by atoms with Crippen molar-refractivity contribution in [2.75, 3.05) is 31.6 Å². The number of nitrogens with one attached hydrogen (secondary N) is 1. The molecule has 2 aliphatic rings. The van der Waals surface area contributed by atoms with E-state index in [1.54, 1.807) is 43.3 Å². The molecule has 2 fully saturated rings. The summed E-state index contributed by atoms with van der Waals surface area (Å²) >= 11 is 6.29. The number of likely N-dealkylation sites (N-methyl/N-ethyl adjacent to an activating group) is 1. The fourth-order valence-electron chi connectivity index (χ4n) is 3.66. The molecule has 0 spiro atoms.